The predicted molar refractivity (Wildman–Crippen MR) is 140 cm³/mol. The Morgan fingerprint density at radius 3 is 2.30 bits per heavy atom. The molecule has 2 aliphatic heterocycles. The van der Waals surface area contributed by atoms with Gasteiger partial charge in [0, 0.05) is 56.2 Å². The minimum Gasteiger partial charge on any atom is -0.354 e. The number of aromatic nitrogens is 2. The molecule has 0 unspecified atom stereocenters. The highest BCUT2D eigenvalue weighted by Gasteiger charge is 2.29. The van der Waals surface area contributed by atoms with Crippen LogP contribution in [0.1, 0.15) is 73.9 Å². The Morgan fingerprint density at radius 2 is 1.67 bits per heavy atom. The molecular formula is C28H37N3OS. The molecule has 0 radical (unpaired) electrons. The minimum atomic E-state index is -0.570. The Kier molecular flexibility index (Phi) is 6.45. The van der Waals surface area contributed by atoms with E-state index in [1.807, 2.05) is 0 Å². The van der Waals surface area contributed by atoms with E-state index in [2.05, 4.69) is 72.9 Å². The van der Waals surface area contributed by atoms with Gasteiger partial charge in [-0.15, -0.1) is 0 Å². The molecule has 1 N–H and O–H groups in total. The average molecular weight is 464 g/mol. The van der Waals surface area contributed by atoms with Gasteiger partial charge in [-0.1, -0.05) is 19.9 Å². The van der Waals surface area contributed by atoms with Crippen LogP contribution < -0.4 is 0 Å². The van der Waals surface area contributed by atoms with E-state index in [1.54, 1.807) is 0 Å². The Balaban J connectivity index is 1.40. The number of pyridine rings is 1. The van der Waals surface area contributed by atoms with Crippen molar-refractivity contribution in [3.05, 3.63) is 52.8 Å². The largest absolute Gasteiger partial charge is 0.354 e. The first-order chi connectivity index (χ1) is 15.9. The van der Waals surface area contributed by atoms with Gasteiger partial charge in [0.25, 0.3) is 0 Å². The first-order valence-corrected chi connectivity index (χ1v) is 14.1. The summed E-state index contributed by atoms with van der Waals surface area (Å²) in [5.41, 5.74) is 8.76. The molecule has 2 saturated heterocycles. The van der Waals surface area contributed by atoms with Crippen molar-refractivity contribution in [3.8, 4) is 11.3 Å². The molecule has 4 nitrogen and oxygen atoms in total. The second kappa shape index (κ2) is 9.34. The fourth-order valence-corrected chi connectivity index (χ4v) is 7.31. The molecule has 3 aromatic rings. The van der Waals surface area contributed by atoms with Gasteiger partial charge in [0.1, 0.15) is 0 Å². The molecule has 176 valence electrons. The summed E-state index contributed by atoms with van der Waals surface area (Å²) >= 11 is 0. The van der Waals surface area contributed by atoms with Crippen LogP contribution in [-0.4, -0.2) is 49.7 Å². The van der Waals surface area contributed by atoms with Crippen molar-refractivity contribution in [3.63, 3.8) is 0 Å². The maximum Gasteiger partial charge on any atom is 0.0501 e. The Labute approximate surface area is 200 Å². The molecule has 0 atom stereocenters. The van der Waals surface area contributed by atoms with Crippen LogP contribution in [0.4, 0.5) is 0 Å². The van der Waals surface area contributed by atoms with Crippen molar-refractivity contribution in [1.29, 1.82) is 0 Å². The van der Waals surface area contributed by atoms with E-state index in [4.69, 9.17) is 0 Å². The van der Waals surface area contributed by atoms with Crippen LogP contribution in [0.2, 0.25) is 0 Å². The van der Waals surface area contributed by atoms with Crippen molar-refractivity contribution in [1.82, 2.24) is 14.9 Å². The molecule has 5 heteroatoms. The maximum atomic E-state index is 11.7. The molecule has 33 heavy (non-hydrogen) atoms. The smallest absolute Gasteiger partial charge is 0.0501 e. The van der Waals surface area contributed by atoms with E-state index in [9.17, 15) is 4.21 Å². The van der Waals surface area contributed by atoms with E-state index < -0.39 is 10.8 Å². The van der Waals surface area contributed by atoms with Crippen molar-refractivity contribution >= 4 is 21.7 Å². The average Bonchev–Trinajstić information content (AvgIpc) is 3.18. The standard InChI is InChI=1S/C28H37N3OS/c1-18(2)27-25-17-22(21-7-11-31(12-8-21)24-9-13-33(32)14-10-24)5-6-26(25)30-28(27)23-15-19(3)29-20(4)16-23/h5-6,15-18,21,24,30H,7-14H2,1-4H3. The number of likely N-dealkylation sites (tertiary alicyclic amines) is 1. The van der Waals surface area contributed by atoms with Gasteiger partial charge < -0.3 is 9.88 Å². The van der Waals surface area contributed by atoms with Crippen molar-refractivity contribution < 1.29 is 4.21 Å². The van der Waals surface area contributed by atoms with Crippen molar-refractivity contribution in [2.24, 2.45) is 0 Å². The van der Waals surface area contributed by atoms with Crippen LogP contribution in [-0.2, 0) is 10.8 Å². The number of nitrogens with one attached hydrogen (secondary N) is 1. The van der Waals surface area contributed by atoms with E-state index in [0.29, 0.717) is 17.9 Å². The van der Waals surface area contributed by atoms with E-state index in [1.165, 1.54) is 59.2 Å². The molecular weight excluding hydrogens is 426 g/mol. The lowest BCUT2D eigenvalue weighted by molar-refractivity contribution is 0.143. The summed E-state index contributed by atoms with van der Waals surface area (Å²) < 4.78 is 11.7. The third-order valence-corrected chi connectivity index (χ3v) is 9.07. The molecule has 0 bridgehead atoms. The zero-order valence-corrected chi connectivity index (χ0v) is 21.3. The molecule has 2 fully saturated rings. The third-order valence-electron chi connectivity index (χ3n) is 7.69. The topological polar surface area (TPSA) is 49.0 Å². The summed E-state index contributed by atoms with van der Waals surface area (Å²) in [4.78, 5) is 11.0. The van der Waals surface area contributed by atoms with Crippen LogP contribution in [0.25, 0.3) is 22.2 Å². The molecule has 0 spiro atoms. The Hall–Kier alpha value is -1.98. The highest BCUT2D eigenvalue weighted by atomic mass is 32.2. The lowest BCUT2D eigenvalue weighted by atomic mass is 9.87. The number of hydrogen-bond donors (Lipinski definition) is 1. The number of hydrogen-bond acceptors (Lipinski definition) is 3. The number of fused-ring (bicyclic) bond motifs is 1. The van der Waals surface area contributed by atoms with E-state index in [-0.39, 0.29) is 0 Å². The van der Waals surface area contributed by atoms with Crippen LogP contribution in [0, 0.1) is 13.8 Å². The molecule has 0 amide bonds. The van der Waals surface area contributed by atoms with Gasteiger partial charge in [-0.05, 0) is 99.8 Å². The number of H-pyrrole nitrogens is 1. The second-order valence-corrected chi connectivity index (χ2v) is 12.1. The Bertz CT molecular complexity index is 1140. The fraction of sp³-hybridized carbons (Fsp3) is 0.536. The van der Waals surface area contributed by atoms with Crippen LogP contribution in [0.5, 0.6) is 0 Å². The summed E-state index contributed by atoms with van der Waals surface area (Å²) in [6.07, 6.45) is 4.67. The van der Waals surface area contributed by atoms with Crippen LogP contribution in [0.3, 0.4) is 0 Å². The number of nitrogens with zero attached hydrogens (tertiary/aromatic N) is 2. The monoisotopic (exact) mass is 463 g/mol. The highest BCUT2D eigenvalue weighted by molar-refractivity contribution is 7.85. The third kappa shape index (κ3) is 4.67. The van der Waals surface area contributed by atoms with Gasteiger partial charge in [0.15, 0.2) is 0 Å². The predicted octanol–water partition coefficient (Wildman–Crippen LogP) is 6.06. The minimum absolute atomic E-state index is 0.441. The maximum absolute atomic E-state index is 11.7. The highest BCUT2D eigenvalue weighted by Crippen LogP contribution is 2.39. The molecule has 0 saturated carbocycles. The number of aromatic amines is 1. The number of piperidine rings is 1. The molecule has 1 aromatic carbocycles. The summed E-state index contributed by atoms with van der Waals surface area (Å²) in [6.45, 7) is 11.1. The normalized spacial score (nSPS) is 22.9. The van der Waals surface area contributed by atoms with Crippen molar-refractivity contribution in [2.45, 2.75) is 71.3 Å². The summed E-state index contributed by atoms with van der Waals surface area (Å²) in [6, 6.07) is 12.2. The van der Waals surface area contributed by atoms with Gasteiger partial charge in [-0.2, -0.15) is 0 Å². The molecule has 2 aromatic heterocycles. The van der Waals surface area contributed by atoms with E-state index >= 15 is 0 Å². The number of benzene rings is 1. The summed E-state index contributed by atoms with van der Waals surface area (Å²) in [5, 5.41) is 1.38. The zero-order valence-electron chi connectivity index (χ0n) is 20.5. The second-order valence-electron chi connectivity index (χ2n) is 10.4. The van der Waals surface area contributed by atoms with E-state index in [0.717, 1.165) is 35.7 Å². The quantitative estimate of drug-likeness (QED) is 0.511. The molecule has 4 heterocycles. The lowest BCUT2D eigenvalue weighted by Gasteiger charge is -2.39. The van der Waals surface area contributed by atoms with Gasteiger partial charge in [-0.3, -0.25) is 9.19 Å². The first kappa shape index (κ1) is 22.8. The van der Waals surface area contributed by atoms with Gasteiger partial charge >= 0.3 is 0 Å². The lowest BCUT2D eigenvalue weighted by Crippen LogP contribution is -2.44. The van der Waals surface area contributed by atoms with Crippen molar-refractivity contribution in [2.75, 3.05) is 24.6 Å². The SMILES string of the molecule is Cc1cc(-c2[nH]c3ccc(C4CCN(C5CCS(=O)CC5)CC4)cc3c2C(C)C)cc(C)n1. The molecule has 0 aliphatic carbocycles. The Morgan fingerprint density at radius 1 is 1.00 bits per heavy atom. The summed E-state index contributed by atoms with van der Waals surface area (Å²) in [5.74, 6) is 2.86. The summed E-state index contributed by atoms with van der Waals surface area (Å²) in [7, 11) is -0.570. The van der Waals surface area contributed by atoms with Crippen LogP contribution in [0.15, 0.2) is 30.3 Å². The van der Waals surface area contributed by atoms with Gasteiger partial charge in [-0.25, -0.2) is 0 Å². The zero-order chi connectivity index (χ0) is 23.1. The molecule has 2 aliphatic rings. The molecule has 5 rings (SSSR count). The van der Waals surface area contributed by atoms with Gasteiger partial charge in [0.2, 0.25) is 0 Å². The number of rotatable bonds is 4. The first-order valence-electron chi connectivity index (χ1n) is 12.6. The number of aryl methyl sites for hydroxylation is 2. The van der Waals surface area contributed by atoms with Crippen LogP contribution >= 0.6 is 0 Å². The fourth-order valence-electron chi connectivity index (χ4n) is 6.03. The van der Waals surface area contributed by atoms with Gasteiger partial charge in [0.05, 0.1) is 5.69 Å².